The Hall–Kier alpha value is -4.97. The largest absolute Gasteiger partial charge is 0.447 e. The predicted octanol–water partition coefficient (Wildman–Crippen LogP) is 4.98. The summed E-state index contributed by atoms with van der Waals surface area (Å²) in [6, 6.07) is 18.6. The van der Waals surface area contributed by atoms with Crippen LogP contribution in [0.1, 0.15) is 64.8 Å². The van der Waals surface area contributed by atoms with Crippen LogP contribution in [0.4, 0.5) is 10.6 Å². The van der Waals surface area contributed by atoms with Crippen LogP contribution in [-0.4, -0.2) is 33.6 Å². The summed E-state index contributed by atoms with van der Waals surface area (Å²) in [7, 11) is 0. The van der Waals surface area contributed by atoms with Gasteiger partial charge < -0.3 is 15.0 Å². The van der Waals surface area contributed by atoms with Gasteiger partial charge in [-0.1, -0.05) is 18.2 Å². The molecule has 9 heteroatoms. The van der Waals surface area contributed by atoms with Gasteiger partial charge in [-0.05, 0) is 75.1 Å². The van der Waals surface area contributed by atoms with E-state index in [1.165, 1.54) is 16.2 Å². The Balaban J connectivity index is 0.000000413. The lowest BCUT2D eigenvalue weighted by atomic mass is 10.1. The number of carbonyl (C=O) groups is 3. The highest BCUT2D eigenvalue weighted by molar-refractivity contribution is 6.34. The zero-order valence-electron chi connectivity index (χ0n) is 21.7. The van der Waals surface area contributed by atoms with Crippen LogP contribution in [0.2, 0.25) is 0 Å². The number of anilines is 1. The van der Waals surface area contributed by atoms with Crippen LogP contribution < -0.4 is 10.6 Å². The topological polar surface area (TPSA) is 131 Å². The lowest BCUT2D eigenvalue weighted by Crippen LogP contribution is -2.31. The Morgan fingerprint density at radius 2 is 1.82 bits per heavy atom. The summed E-state index contributed by atoms with van der Waals surface area (Å²) in [5.74, 6) is -0.306. The fourth-order valence-electron chi connectivity index (χ4n) is 5.26. The summed E-state index contributed by atoms with van der Waals surface area (Å²) in [6.45, 7) is 3.98. The Labute approximate surface area is 226 Å². The molecule has 3 heterocycles. The van der Waals surface area contributed by atoms with E-state index in [2.05, 4.69) is 26.1 Å². The highest BCUT2D eigenvalue weighted by Crippen LogP contribution is 2.36. The van der Waals surface area contributed by atoms with Crippen LogP contribution in [0.5, 0.6) is 0 Å². The fourth-order valence-corrected chi connectivity index (χ4v) is 5.26. The molecule has 0 fully saturated rings. The van der Waals surface area contributed by atoms with Crippen LogP contribution in [0, 0.1) is 11.3 Å². The Morgan fingerprint density at radius 3 is 2.44 bits per heavy atom. The second kappa shape index (κ2) is 10.4. The number of primary amides is 1. The van der Waals surface area contributed by atoms with E-state index in [0.717, 1.165) is 35.7 Å². The molecule has 0 bridgehead atoms. The maximum absolute atomic E-state index is 13.1. The number of hydrogen-bond acceptors (Lipinski definition) is 6. The molecule has 0 saturated carbocycles. The Morgan fingerprint density at radius 1 is 1.10 bits per heavy atom. The fraction of sp³-hybridized carbons (Fsp3) is 0.233. The van der Waals surface area contributed by atoms with Crippen molar-refractivity contribution in [2.24, 2.45) is 5.73 Å². The van der Waals surface area contributed by atoms with Crippen molar-refractivity contribution in [3.8, 4) is 6.07 Å². The maximum atomic E-state index is 13.1. The first-order valence-electron chi connectivity index (χ1n) is 12.7. The van der Waals surface area contributed by atoms with Gasteiger partial charge in [-0.15, -0.1) is 0 Å². The number of nitriles is 1. The molecular formula is C30H29N5O4. The van der Waals surface area contributed by atoms with Crippen LogP contribution in [0.3, 0.4) is 0 Å². The van der Waals surface area contributed by atoms with Crippen LogP contribution in [-0.2, 0) is 24.1 Å². The van der Waals surface area contributed by atoms with E-state index < -0.39 is 6.09 Å². The van der Waals surface area contributed by atoms with Crippen LogP contribution >= 0.6 is 0 Å². The smallest absolute Gasteiger partial charge is 0.404 e. The van der Waals surface area contributed by atoms with Gasteiger partial charge in [-0.2, -0.15) is 5.26 Å². The molecule has 3 amide bonds. The molecule has 1 aliphatic carbocycles. The summed E-state index contributed by atoms with van der Waals surface area (Å²) >= 11 is 0. The van der Waals surface area contributed by atoms with E-state index in [4.69, 9.17) is 0 Å². The zero-order valence-corrected chi connectivity index (χ0v) is 21.7. The molecule has 0 saturated heterocycles. The number of fused-ring (bicyclic) bond motifs is 4. The number of aromatic nitrogens is 2. The van der Waals surface area contributed by atoms with E-state index in [1.807, 2.05) is 30.3 Å². The van der Waals surface area contributed by atoms with Crippen molar-refractivity contribution in [1.29, 1.82) is 5.26 Å². The average molecular weight is 524 g/mol. The number of ether oxygens (including phenoxy) is 1. The van der Waals surface area contributed by atoms with Crippen molar-refractivity contribution < 1.29 is 20.5 Å². The predicted molar refractivity (Wildman–Crippen MR) is 148 cm³/mol. The number of nitrogens with two attached hydrogens (primary N) is 1. The number of aryl methyl sites for hydroxylation is 1. The second-order valence-electron chi connectivity index (χ2n) is 9.67. The number of pyridine rings is 1. The van der Waals surface area contributed by atoms with E-state index >= 15 is 0 Å². The summed E-state index contributed by atoms with van der Waals surface area (Å²) in [5.41, 5.74) is 10.5. The third-order valence-corrected chi connectivity index (χ3v) is 6.81. The molecule has 9 nitrogen and oxygen atoms in total. The third kappa shape index (κ3) is 4.73. The van der Waals surface area contributed by atoms with Crippen molar-refractivity contribution in [1.82, 2.24) is 9.55 Å². The first-order chi connectivity index (χ1) is 18.8. The molecule has 4 aromatic rings. The number of amides is 3. The summed E-state index contributed by atoms with van der Waals surface area (Å²) in [5, 5.41) is 10.4. The zero-order chi connectivity index (χ0) is 27.7. The Bertz CT molecular complexity index is 1640. The van der Waals surface area contributed by atoms with E-state index in [-0.39, 0.29) is 19.3 Å². The summed E-state index contributed by atoms with van der Waals surface area (Å²) in [6.07, 6.45) is 3.84. The molecule has 6 rings (SSSR count). The minimum Gasteiger partial charge on any atom is -0.447 e. The molecule has 2 N–H and O–H groups in total. The third-order valence-electron chi connectivity index (χ3n) is 6.81. The standard InChI is InChI=1S/C26H18N4O2.C4H9NO2.H2/c27-14-16-10-11-23-21(13-16)18-8-3-9-22(18)29(23)15-17-5-4-12-28-24(17)30-25(31)19-6-1-2-7-20(19)26(30)32;1-3(2)7-4(5)6;/h1-2,4-7,10-13H,3,8-9,15H2;3H,1-2H3,(H2,5,6);1H. The van der Waals surface area contributed by atoms with Gasteiger partial charge in [0.15, 0.2) is 0 Å². The van der Waals surface area contributed by atoms with Gasteiger partial charge in [0.25, 0.3) is 11.8 Å². The normalized spacial score (nSPS) is 13.6. The number of carbonyl (C=O) groups excluding carboxylic acids is 3. The van der Waals surface area contributed by atoms with Gasteiger partial charge >= 0.3 is 6.09 Å². The monoisotopic (exact) mass is 523 g/mol. The number of benzene rings is 2. The van der Waals surface area contributed by atoms with Crippen molar-refractivity contribution >= 4 is 34.6 Å². The molecular weight excluding hydrogens is 494 g/mol. The molecule has 0 radical (unpaired) electrons. The van der Waals surface area contributed by atoms with Gasteiger partial charge in [0.2, 0.25) is 0 Å². The van der Waals surface area contributed by atoms with Gasteiger partial charge in [-0.3, -0.25) is 9.59 Å². The van der Waals surface area contributed by atoms with Gasteiger partial charge in [-0.25, -0.2) is 14.7 Å². The van der Waals surface area contributed by atoms with Crippen molar-refractivity contribution in [3.05, 3.63) is 94.3 Å². The van der Waals surface area contributed by atoms with E-state index in [0.29, 0.717) is 29.1 Å². The molecule has 39 heavy (non-hydrogen) atoms. The first kappa shape index (κ1) is 25.7. The molecule has 2 aromatic carbocycles. The molecule has 2 aromatic heterocycles. The second-order valence-corrected chi connectivity index (χ2v) is 9.67. The molecule has 0 unspecified atom stereocenters. The number of rotatable bonds is 4. The molecule has 198 valence electrons. The van der Waals surface area contributed by atoms with Crippen molar-refractivity contribution in [2.45, 2.75) is 45.8 Å². The van der Waals surface area contributed by atoms with E-state index in [9.17, 15) is 19.6 Å². The minimum absolute atomic E-state index is 0. The number of imide groups is 1. The SMILES string of the molecule is CC(C)OC(N)=O.N#Cc1ccc2c(c1)c1c(n2Cc2cccnc2N2C(=O)c3ccccc3C2=O)CCC1.[HH]. The number of nitrogens with zero attached hydrogens (tertiary/aromatic N) is 4. The molecule has 2 aliphatic rings. The molecule has 0 spiro atoms. The Kier molecular flexibility index (Phi) is 6.86. The van der Waals surface area contributed by atoms with Crippen molar-refractivity contribution in [2.75, 3.05) is 4.90 Å². The average Bonchev–Trinajstić information content (AvgIpc) is 3.58. The lowest BCUT2D eigenvalue weighted by molar-refractivity contribution is 0.0924. The highest BCUT2D eigenvalue weighted by atomic mass is 16.6. The lowest BCUT2D eigenvalue weighted by Gasteiger charge is -2.18. The maximum Gasteiger partial charge on any atom is 0.404 e. The van der Waals surface area contributed by atoms with Gasteiger partial charge in [0.05, 0.1) is 35.4 Å². The minimum atomic E-state index is -0.713. The number of hydrogen-bond donors (Lipinski definition) is 1. The summed E-state index contributed by atoms with van der Waals surface area (Å²) in [4.78, 5) is 41.6. The van der Waals surface area contributed by atoms with Gasteiger partial charge in [0.1, 0.15) is 5.82 Å². The van der Waals surface area contributed by atoms with E-state index in [1.54, 1.807) is 44.3 Å². The molecule has 0 atom stereocenters. The highest BCUT2D eigenvalue weighted by Gasteiger charge is 2.38. The molecule has 1 aliphatic heterocycles. The summed E-state index contributed by atoms with van der Waals surface area (Å²) < 4.78 is 6.64. The van der Waals surface area contributed by atoms with Crippen LogP contribution in [0.25, 0.3) is 10.9 Å². The first-order valence-corrected chi connectivity index (χ1v) is 12.7. The van der Waals surface area contributed by atoms with Crippen molar-refractivity contribution in [3.63, 3.8) is 0 Å². The van der Waals surface area contributed by atoms with Crippen LogP contribution in [0.15, 0.2) is 60.8 Å². The van der Waals surface area contributed by atoms with Gasteiger partial charge in [0, 0.05) is 29.8 Å². The quantitative estimate of drug-likeness (QED) is 0.375.